The minimum absolute atomic E-state index is 0.164. The second kappa shape index (κ2) is 11.2. The molecule has 0 bridgehead atoms. The molecule has 1 amide bonds. The van der Waals surface area contributed by atoms with Gasteiger partial charge in [-0.3, -0.25) is 9.69 Å². The van der Waals surface area contributed by atoms with Gasteiger partial charge < -0.3 is 9.64 Å². The van der Waals surface area contributed by atoms with Crippen LogP contribution in [0.5, 0.6) is 11.5 Å². The molecule has 0 spiro atoms. The van der Waals surface area contributed by atoms with Crippen molar-refractivity contribution in [2.24, 2.45) is 0 Å². The van der Waals surface area contributed by atoms with E-state index in [0.29, 0.717) is 40.8 Å². The molecule has 1 aromatic heterocycles. The molecule has 188 valence electrons. The number of carbonyl (C=O) groups is 1. The number of ether oxygens (including phenoxy) is 1. The molecule has 1 heterocycles. The largest absolute Gasteiger partial charge is 0.457 e. The average molecular weight is 524 g/mol. The Morgan fingerprint density at radius 1 is 0.917 bits per heavy atom. The van der Waals surface area contributed by atoms with Crippen LogP contribution in [0.4, 0.5) is 5.13 Å². The first-order valence-electron chi connectivity index (χ1n) is 11.8. The highest BCUT2D eigenvalue weighted by Crippen LogP contribution is 2.33. The van der Waals surface area contributed by atoms with Crippen LogP contribution in [0.1, 0.15) is 24.2 Å². The van der Waals surface area contributed by atoms with Gasteiger partial charge in [-0.25, -0.2) is 13.4 Å². The fraction of sp³-hybridized carbons (Fsp3) is 0.259. The first-order chi connectivity index (χ1) is 17.3. The summed E-state index contributed by atoms with van der Waals surface area (Å²) in [5, 5.41) is 0.465. The van der Waals surface area contributed by atoms with Crippen LogP contribution < -0.4 is 9.64 Å². The normalized spacial score (nSPS) is 11.7. The molecule has 0 unspecified atom stereocenters. The first kappa shape index (κ1) is 25.8. The van der Waals surface area contributed by atoms with E-state index >= 15 is 0 Å². The summed E-state index contributed by atoms with van der Waals surface area (Å²) in [7, 11) is -3.47. The Morgan fingerprint density at radius 3 is 2.31 bits per heavy atom. The summed E-state index contributed by atoms with van der Waals surface area (Å²) in [6.07, 6.45) is 1.17. The Kier molecular flexibility index (Phi) is 8.03. The van der Waals surface area contributed by atoms with Gasteiger partial charge in [0.1, 0.15) is 17.0 Å². The van der Waals surface area contributed by atoms with E-state index < -0.39 is 9.84 Å². The standard InChI is InChI=1S/C27H29N3O4S2/c1-4-29(5-2)17-18-30(27-28-25-23(35-27)15-10-16-24(25)36(3,32)33)26(31)20-11-9-14-22(19-20)34-21-12-7-6-8-13-21/h6-16,19H,4-5,17-18H2,1-3H3. The predicted molar refractivity (Wildman–Crippen MR) is 145 cm³/mol. The number of para-hydroxylation sites is 2. The summed E-state index contributed by atoms with van der Waals surface area (Å²) >= 11 is 1.31. The highest BCUT2D eigenvalue weighted by Gasteiger charge is 2.24. The molecule has 9 heteroatoms. The van der Waals surface area contributed by atoms with Crippen molar-refractivity contribution in [2.75, 3.05) is 37.3 Å². The maximum atomic E-state index is 13.8. The van der Waals surface area contributed by atoms with Crippen LogP contribution >= 0.6 is 11.3 Å². The van der Waals surface area contributed by atoms with Crippen molar-refractivity contribution >= 4 is 42.4 Å². The summed E-state index contributed by atoms with van der Waals surface area (Å²) in [5.41, 5.74) is 0.854. The molecule has 36 heavy (non-hydrogen) atoms. The molecule has 7 nitrogen and oxygen atoms in total. The minimum Gasteiger partial charge on any atom is -0.457 e. The Hall–Kier alpha value is -3.27. The third-order valence-electron chi connectivity index (χ3n) is 5.84. The van der Waals surface area contributed by atoms with Gasteiger partial charge in [-0.15, -0.1) is 0 Å². The van der Waals surface area contributed by atoms with Gasteiger partial charge in [0.05, 0.1) is 9.60 Å². The first-order valence-corrected chi connectivity index (χ1v) is 14.5. The van der Waals surface area contributed by atoms with Gasteiger partial charge in [0.25, 0.3) is 5.91 Å². The van der Waals surface area contributed by atoms with Crippen LogP contribution in [-0.2, 0) is 9.84 Å². The smallest absolute Gasteiger partial charge is 0.260 e. The molecule has 0 radical (unpaired) electrons. The molecule has 0 N–H and O–H groups in total. The van der Waals surface area contributed by atoms with Crippen LogP contribution in [0.3, 0.4) is 0 Å². The van der Waals surface area contributed by atoms with Crippen LogP contribution in [0.25, 0.3) is 10.2 Å². The number of carbonyl (C=O) groups excluding carboxylic acids is 1. The van der Waals surface area contributed by atoms with Gasteiger partial charge in [0.2, 0.25) is 0 Å². The predicted octanol–water partition coefficient (Wildman–Crippen LogP) is 5.48. The molecule has 4 aromatic rings. The molecule has 4 rings (SSSR count). The van der Waals surface area contributed by atoms with Crippen molar-refractivity contribution in [3.63, 3.8) is 0 Å². The van der Waals surface area contributed by atoms with Gasteiger partial charge in [-0.2, -0.15) is 0 Å². The van der Waals surface area contributed by atoms with Gasteiger partial charge in [0.15, 0.2) is 15.0 Å². The van der Waals surface area contributed by atoms with E-state index in [1.165, 1.54) is 17.6 Å². The average Bonchev–Trinajstić information content (AvgIpc) is 3.30. The number of fused-ring (bicyclic) bond motifs is 1. The van der Waals surface area contributed by atoms with E-state index in [2.05, 4.69) is 23.7 Å². The number of amides is 1. The van der Waals surface area contributed by atoms with Crippen molar-refractivity contribution in [1.29, 1.82) is 0 Å². The van der Waals surface area contributed by atoms with Crippen molar-refractivity contribution in [2.45, 2.75) is 18.7 Å². The fourth-order valence-electron chi connectivity index (χ4n) is 3.86. The number of benzene rings is 3. The van der Waals surface area contributed by atoms with Gasteiger partial charge in [-0.1, -0.05) is 55.5 Å². The zero-order valence-corrected chi connectivity index (χ0v) is 22.2. The number of sulfone groups is 1. The Balaban J connectivity index is 1.71. The Bertz CT molecular complexity index is 1450. The number of thiazole rings is 1. The summed E-state index contributed by atoms with van der Waals surface area (Å²) in [4.78, 5) is 22.5. The lowest BCUT2D eigenvalue weighted by molar-refractivity contribution is 0.0983. The molecular formula is C27H29N3O4S2. The van der Waals surface area contributed by atoms with E-state index in [9.17, 15) is 13.2 Å². The number of hydrogen-bond donors (Lipinski definition) is 0. The second-order valence-electron chi connectivity index (χ2n) is 8.30. The number of likely N-dealkylation sites (N-methyl/N-ethyl adjacent to an activating group) is 1. The Labute approximate surface area is 215 Å². The maximum absolute atomic E-state index is 13.8. The molecule has 0 fully saturated rings. The molecule has 0 aliphatic rings. The molecule has 3 aromatic carbocycles. The third-order valence-corrected chi connectivity index (χ3v) is 8.01. The van der Waals surface area contributed by atoms with Crippen LogP contribution in [0, 0.1) is 0 Å². The van der Waals surface area contributed by atoms with Crippen LogP contribution in [-0.4, -0.2) is 56.6 Å². The second-order valence-corrected chi connectivity index (χ2v) is 11.3. The topological polar surface area (TPSA) is 79.8 Å². The Morgan fingerprint density at radius 2 is 1.61 bits per heavy atom. The molecule has 0 saturated heterocycles. The van der Waals surface area contributed by atoms with Crippen molar-refractivity contribution in [3.05, 3.63) is 78.4 Å². The van der Waals surface area contributed by atoms with E-state index in [0.717, 1.165) is 17.8 Å². The zero-order valence-electron chi connectivity index (χ0n) is 20.5. The molecular weight excluding hydrogens is 494 g/mol. The van der Waals surface area contributed by atoms with E-state index in [-0.39, 0.29) is 10.8 Å². The molecule has 0 atom stereocenters. The summed E-state index contributed by atoms with van der Waals surface area (Å²) < 4.78 is 31.3. The van der Waals surface area contributed by atoms with E-state index in [4.69, 9.17) is 4.74 Å². The number of nitrogens with zero attached hydrogens (tertiary/aromatic N) is 3. The lowest BCUT2D eigenvalue weighted by atomic mass is 10.2. The lowest BCUT2D eigenvalue weighted by Gasteiger charge is -2.25. The zero-order chi connectivity index (χ0) is 25.7. The van der Waals surface area contributed by atoms with Crippen molar-refractivity contribution in [1.82, 2.24) is 9.88 Å². The summed E-state index contributed by atoms with van der Waals surface area (Å²) in [5.74, 6) is 1.01. The highest BCUT2D eigenvalue weighted by molar-refractivity contribution is 7.91. The molecule has 0 aliphatic heterocycles. The third kappa shape index (κ3) is 5.92. The van der Waals surface area contributed by atoms with Crippen molar-refractivity contribution in [3.8, 4) is 11.5 Å². The summed E-state index contributed by atoms with van der Waals surface area (Å²) in [6.45, 7) is 6.95. The number of rotatable bonds is 10. The fourth-order valence-corrected chi connectivity index (χ4v) is 5.78. The highest BCUT2D eigenvalue weighted by atomic mass is 32.2. The number of hydrogen-bond acceptors (Lipinski definition) is 7. The van der Waals surface area contributed by atoms with Crippen molar-refractivity contribution < 1.29 is 17.9 Å². The maximum Gasteiger partial charge on any atom is 0.260 e. The van der Waals surface area contributed by atoms with Gasteiger partial charge in [0, 0.05) is 24.9 Å². The van der Waals surface area contributed by atoms with Crippen LogP contribution in [0.15, 0.2) is 77.7 Å². The minimum atomic E-state index is -3.47. The van der Waals surface area contributed by atoms with Crippen LogP contribution in [0.2, 0.25) is 0 Å². The molecule has 0 aliphatic carbocycles. The monoisotopic (exact) mass is 523 g/mol. The quantitative estimate of drug-likeness (QED) is 0.274. The SMILES string of the molecule is CCN(CC)CCN(C(=O)c1cccc(Oc2ccccc2)c1)c1nc2c(S(C)(=O)=O)cccc2s1. The molecule has 0 saturated carbocycles. The number of anilines is 1. The van der Waals surface area contributed by atoms with E-state index in [1.54, 1.807) is 41.3 Å². The lowest BCUT2D eigenvalue weighted by Crippen LogP contribution is -2.38. The van der Waals surface area contributed by atoms with Gasteiger partial charge in [-0.05, 0) is 55.6 Å². The summed E-state index contributed by atoms with van der Waals surface area (Å²) in [6, 6.07) is 21.5. The van der Waals surface area contributed by atoms with E-state index in [1.807, 2.05) is 36.4 Å². The number of aromatic nitrogens is 1. The van der Waals surface area contributed by atoms with Gasteiger partial charge >= 0.3 is 0 Å².